The zero-order valence-electron chi connectivity index (χ0n) is 12.1. The molecule has 3 aliphatic rings. The van der Waals surface area contributed by atoms with E-state index in [-0.39, 0.29) is 22.7 Å². The molecule has 2 fully saturated rings. The molecule has 0 radical (unpaired) electrons. The second kappa shape index (κ2) is 3.46. The minimum absolute atomic E-state index is 0.0982. The largest absolute Gasteiger partial charge is 0.508 e. The second-order valence-electron chi connectivity index (χ2n) is 7.11. The fraction of sp³-hybridized carbons (Fsp3) is 0.278. The summed E-state index contributed by atoms with van der Waals surface area (Å²) in [6.45, 7) is 0. The SMILES string of the molecule is Oc1ccccc1C1n2c(nc3cc(F)c(Br)cc32)C23CC12C3. The molecule has 0 bridgehead atoms. The maximum atomic E-state index is 13.9. The number of aromatic hydroxyl groups is 1. The van der Waals surface area contributed by atoms with Gasteiger partial charge in [0.2, 0.25) is 0 Å². The number of halogens is 2. The zero-order valence-corrected chi connectivity index (χ0v) is 13.6. The summed E-state index contributed by atoms with van der Waals surface area (Å²) in [6, 6.07) is 10.9. The maximum absolute atomic E-state index is 13.9. The van der Waals surface area contributed by atoms with E-state index in [2.05, 4.69) is 20.5 Å². The third kappa shape index (κ3) is 1.20. The van der Waals surface area contributed by atoms with Crippen LogP contribution < -0.4 is 0 Å². The number of benzene rings is 2. The minimum Gasteiger partial charge on any atom is -0.508 e. The minimum atomic E-state index is -0.288. The van der Waals surface area contributed by atoms with Crippen molar-refractivity contribution in [3.8, 4) is 5.75 Å². The van der Waals surface area contributed by atoms with Crippen LogP contribution in [0.5, 0.6) is 5.75 Å². The average Bonchev–Trinajstić information content (AvgIpc) is 3.24. The lowest BCUT2D eigenvalue weighted by Crippen LogP contribution is -2.18. The molecule has 23 heavy (non-hydrogen) atoms. The predicted octanol–water partition coefficient (Wildman–Crippen LogP) is 4.28. The Balaban J connectivity index is 1.69. The number of para-hydroxylation sites is 1. The highest BCUT2D eigenvalue weighted by atomic mass is 79.9. The molecule has 3 aromatic rings. The number of imidazole rings is 1. The van der Waals surface area contributed by atoms with E-state index in [1.807, 2.05) is 24.3 Å². The molecule has 1 aromatic heterocycles. The molecule has 3 nitrogen and oxygen atoms in total. The molecule has 2 aromatic carbocycles. The van der Waals surface area contributed by atoms with Crippen molar-refractivity contribution >= 4 is 27.0 Å². The monoisotopic (exact) mass is 370 g/mol. The lowest BCUT2D eigenvalue weighted by molar-refractivity contribution is 0.403. The molecule has 2 heterocycles. The van der Waals surface area contributed by atoms with E-state index in [0.29, 0.717) is 15.7 Å². The van der Waals surface area contributed by atoms with E-state index in [9.17, 15) is 9.50 Å². The molecule has 0 spiro atoms. The van der Waals surface area contributed by atoms with Gasteiger partial charge in [-0.25, -0.2) is 9.37 Å². The maximum Gasteiger partial charge on any atom is 0.139 e. The van der Waals surface area contributed by atoms with Crippen LogP contribution in [-0.2, 0) is 5.41 Å². The zero-order chi connectivity index (χ0) is 15.6. The highest BCUT2D eigenvalue weighted by Crippen LogP contribution is 2.93. The van der Waals surface area contributed by atoms with Crippen molar-refractivity contribution in [2.45, 2.75) is 24.3 Å². The molecular formula is C18H12BrFN2O. The number of phenolic OH excluding ortho intramolecular Hbond substituents is 1. The summed E-state index contributed by atoms with van der Waals surface area (Å²) in [5.41, 5.74) is 2.98. The number of rotatable bonds is 1. The van der Waals surface area contributed by atoms with Gasteiger partial charge < -0.3 is 9.67 Å². The van der Waals surface area contributed by atoms with Crippen molar-refractivity contribution in [3.05, 3.63) is 58.1 Å². The lowest BCUT2D eigenvalue weighted by Gasteiger charge is -2.25. The van der Waals surface area contributed by atoms with Crippen molar-refractivity contribution in [3.63, 3.8) is 0 Å². The summed E-state index contributed by atoms with van der Waals surface area (Å²) in [5.74, 6) is 1.11. The molecule has 5 heteroatoms. The number of aromatic nitrogens is 2. The summed E-state index contributed by atoms with van der Waals surface area (Å²) >= 11 is 3.28. The fourth-order valence-electron chi connectivity index (χ4n) is 4.86. The van der Waals surface area contributed by atoms with Crippen LogP contribution in [-0.4, -0.2) is 14.7 Å². The summed E-state index contributed by atoms with van der Waals surface area (Å²) < 4.78 is 16.5. The number of fused-ring (bicyclic) bond motifs is 3. The molecular weight excluding hydrogens is 359 g/mol. The first-order valence-electron chi connectivity index (χ1n) is 7.73. The van der Waals surface area contributed by atoms with Gasteiger partial charge in [-0.3, -0.25) is 0 Å². The van der Waals surface area contributed by atoms with Crippen LogP contribution in [0.1, 0.15) is 30.3 Å². The van der Waals surface area contributed by atoms with Crippen LogP contribution in [0.4, 0.5) is 4.39 Å². The molecule has 114 valence electrons. The average molecular weight is 371 g/mol. The van der Waals surface area contributed by atoms with Crippen molar-refractivity contribution in [1.82, 2.24) is 9.55 Å². The Bertz CT molecular complexity index is 1030. The van der Waals surface area contributed by atoms with Crippen LogP contribution in [0.15, 0.2) is 40.9 Å². The second-order valence-corrected chi connectivity index (χ2v) is 7.97. The van der Waals surface area contributed by atoms with Gasteiger partial charge in [-0.15, -0.1) is 0 Å². The van der Waals surface area contributed by atoms with Gasteiger partial charge in [-0.1, -0.05) is 18.2 Å². The van der Waals surface area contributed by atoms with Crippen LogP contribution in [0.3, 0.4) is 0 Å². The molecule has 1 aliphatic heterocycles. The van der Waals surface area contributed by atoms with Crippen LogP contribution in [0.2, 0.25) is 0 Å². The Morgan fingerprint density at radius 3 is 2.83 bits per heavy atom. The molecule has 0 saturated heterocycles. The van der Waals surface area contributed by atoms with Crippen LogP contribution >= 0.6 is 15.9 Å². The van der Waals surface area contributed by atoms with Gasteiger partial charge >= 0.3 is 0 Å². The first-order valence-corrected chi connectivity index (χ1v) is 8.52. The molecule has 1 N–H and O–H groups in total. The standard InChI is InChI=1S/C18H12BrFN2O/c19-10-5-13-12(6-11(10)20)21-16-18-7-17(18,8-18)15(22(13)16)9-3-1-2-4-14(9)23/h1-6,15,23H,7-8H2. The smallest absolute Gasteiger partial charge is 0.139 e. The summed E-state index contributed by atoms with van der Waals surface area (Å²) in [7, 11) is 0. The van der Waals surface area contributed by atoms with E-state index in [1.165, 1.54) is 6.07 Å². The van der Waals surface area contributed by atoms with E-state index in [1.54, 1.807) is 6.07 Å². The number of phenols is 1. The summed E-state index contributed by atoms with van der Waals surface area (Å²) in [5, 5.41) is 10.4. The van der Waals surface area contributed by atoms with Crippen LogP contribution in [0, 0.1) is 11.2 Å². The Kier molecular flexibility index (Phi) is 1.88. The van der Waals surface area contributed by atoms with Gasteiger partial charge in [0.25, 0.3) is 0 Å². The topological polar surface area (TPSA) is 38.0 Å². The Labute approximate surface area is 139 Å². The van der Waals surface area contributed by atoms with Gasteiger partial charge in [0.1, 0.15) is 17.4 Å². The fourth-order valence-corrected chi connectivity index (χ4v) is 5.20. The van der Waals surface area contributed by atoms with Crippen molar-refractivity contribution in [2.24, 2.45) is 5.41 Å². The molecule has 1 unspecified atom stereocenters. The Morgan fingerprint density at radius 2 is 2.04 bits per heavy atom. The molecule has 0 amide bonds. The van der Waals surface area contributed by atoms with Crippen molar-refractivity contribution in [1.29, 1.82) is 0 Å². The Morgan fingerprint density at radius 1 is 1.26 bits per heavy atom. The van der Waals surface area contributed by atoms with E-state index in [0.717, 1.165) is 29.7 Å². The molecule has 1 atom stereocenters. The van der Waals surface area contributed by atoms with E-state index < -0.39 is 0 Å². The number of hydrogen-bond acceptors (Lipinski definition) is 2. The summed E-state index contributed by atoms with van der Waals surface area (Å²) in [4.78, 5) is 4.75. The molecule has 6 rings (SSSR count). The van der Waals surface area contributed by atoms with Crippen LogP contribution in [0.25, 0.3) is 11.0 Å². The van der Waals surface area contributed by atoms with Gasteiger partial charge in [-0.2, -0.15) is 0 Å². The van der Waals surface area contributed by atoms with Gasteiger partial charge in [0, 0.05) is 22.5 Å². The lowest BCUT2D eigenvalue weighted by atomic mass is 9.94. The quantitative estimate of drug-likeness (QED) is 0.694. The number of hydrogen-bond donors (Lipinski definition) is 1. The normalized spacial score (nSPS) is 32.5. The highest BCUT2D eigenvalue weighted by molar-refractivity contribution is 9.10. The number of nitrogens with zero attached hydrogens (tertiary/aromatic N) is 2. The first-order chi connectivity index (χ1) is 11.1. The van der Waals surface area contributed by atoms with E-state index >= 15 is 0 Å². The Hall–Kier alpha value is -1.88. The van der Waals surface area contributed by atoms with Gasteiger partial charge in [0.05, 0.1) is 21.5 Å². The first kappa shape index (κ1) is 12.5. The summed E-state index contributed by atoms with van der Waals surface area (Å²) in [6.07, 6.45) is 2.26. The third-order valence-corrected chi connectivity index (χ3v) is 6.72. The third-order valence-electron chi connectivity index (χ3n) is 6.11. The van der Waals surface area contributed by atoms with Gasteiger partial charge in [0.15, 0.2) is 0 Å². The van der Waals surface area contributed by atoms with E-state index in [4.69, 9.17) is 4.98 Å². The molecule has 2 saturated carbocycles. The van der Waals surface area contributed by atoms with Crippen molar-refractivity contribution in [2.75, 3.05) is 0 Å². The predicted molar refractivity (Wildman–Crippen MR) is 87.0 cm³/mol. The highest BCUT2D eigenvalue weighted by Gasteiger charge is 2.91. The van der Waals surface area contributed by atoms with Gasteiger partial charge in [-0.05, 0) is 40.9 Å². The van der Waals surface area contributed by atoms with Crippen molar-refractivity contribution < 1.29 is 9.50 Å². The molecule has 2 aliphatic carbocycles.